The minimum Gasteiger partial charge on any atom is -0.468 e. The number of methoxy groups -OCH3 is 1. The highest BCUT2D eigenvalue weighted by Gasteiger charge is 2.51. The van der Waals surface area contributed by atoms with Crippen LogP contribution in [0.4, 0.5) is 0 Å². The SMILES string of the molecule is COC(=O)[C@@]12C=CCO[C@@H]1OCC2. The van der Waals surface area contributed by atoms with Crippen molar-refractivity contribution in [2.75, 3.05) is 20.3 Å². The summed E-state index contributed by atoms with van der Waals surface area (Å²) in [6.45, 7) is 1.05. The van der Waals surface area contributed by atoms with Crippen molar-refractivity contribution in [1.82, 2.24) is 0 Å². The molecule has 2 atom stereocenters. The highest BCUT2D eigenvalue weighted by Crippen LogP contribution is 2.40. The third-order valence-corrected chi connectivity index (χ3v) is 2.53. The fourth-order valence-corrected chi connectivity index (χ4v) is 1.82. The summed E-state index contributed by atoms with van der Waals surface area (Å²) in [5.74, 6) is -0.272. The molecular weight excluding hydrogens is 172 g/mol. The molecule has 0 aromatic carbocycles. The number of ether oxygens (including phenoxy) is 3. The molecule has 1 fully saturated rings. The van der Waals surface area contributed by atoms with Crippen molar-refractivity contribution in [3.63, 3.8) is 0 Å². The molecule has 0 amide bonds. The van der Waals surface area contributed by atoms with E-state index in [1.807, 2.05) is 12.2 Å². The van der Waals surface area contributed by atoms with Crippen molar-refractivity contribution in [2.45, 2.75) is 12.7 Å². The third-order valence-electron chi connectivity index (χ3n) is 2.53. The zero-order chi connectivity index (χ0) is 9.31. The van der Waals surface area contributed by atoms with Gasteiger partial charge in [0.25, 0.3) is 0 Å². The molecule has 4 nitrogen and oxygen atoms in total. The van der Waals surface area contributed by atoms with E-state index < -0.39 is 11.7 Å². The highest BCUT2D eigenvalue weighted by molar-refractivity contribution is 5.80. The van der Waals surface area contributed by atoms with Crippen LogP contribution in [0.5, 0.6) is 0 Å². The summed E-state index contributed by atoms with van der Waals surface area (Å²) in [4.78, 5) is 11.5. The lowest BCUT2D eigenvalue weighted by Crippen LogP contribution is -2.41. The Kier molecular flexibility index (Phi) is 2.09. The molecule has 0 spiro atoms. The van der Waals surface area contributed by atoms with Crippen LogP contribution in [0.1, 0.15) is 6.42 Å². The zero-order valence-corrected chi connectivity index (χ0v) is 7.49. The van der Waals surface area contributed by atoms with Gasteiger partial charge in [0.15, 0.2) is 6.29 Å². The first-order valence-corrected chi connectivity index (χ1v) is 4.29. The average molecular weight is 184 g/mol. The molecule has 72 valence electrons. The molecule has 0 N–H and O–H groups in total. The lowest BCUT2D eigenvalue weighted by atomic mass is 9.84. The van der Waals surface area contributed by atoms with Crippen molar-refractivity contribution in [3.8, 4) is 0 Å². The van der Waals surface area contributed by atoms with Crippen molar-refractivity contribution < 1.29 is 19.0 Å². The number of esters is 1. The summed E-state index contributed by atoms with van der Waals surface area (Å²) in [7, 11) is 1.38. The second-order valence-electron chi connectivity index (χ2n) is 3.22. The fraction of sp³-hybridized carbons (Fsp3) is 0.667. The Morgan fingerprint density at radius 1 is 1.62 bits per heavy atom. The van der Waals surface area contributed by atoms with E-state index in [2.05, 4.69) is 0 Å². The molecule has 2 heterocycles. The Bertz CT molecular complexity index is 248. The third kappa shape index (κ3) is 1.17. The van der Waals surface area contributed by atoms with Crippen LogP contribution in [-0.4, -0.2) is 32.6 Å². The first-order chi connectivity index (χ1) is 6.29. The van der Waals surface area contributed by atoms with Gasteiger partial charge in [-0.15, -0.1) is 0 Å². The summed E-state index contributed by atoms with van der Waals surface area (Å²) >= 11 is 0. The van der Waals surface area contributed by atoms with Gasteiger partial charge in [-0.2, -0.15) is 0 Å². The standard InChI is InChI=1S/C9H12O4/c1-11-7(10)9-3-2-5-12-8(9)13-6-4-9/h2-3,8H,4-6H2,1H3/t8-,9+/m1/s1. The molecule has 1 saturated heterocycles. The van der Waals surface area contributed by atoms with Gasteiger partial charge in [-0.3, -0.25) is 4.79 Å². The Morgan fingerprint density at radius 2 is 2.46 bits per heavy atom. The van der Waals surface area contributed by atoms with E-state index in [4.69, 9.17) is 14.2 Å². The van der Waals surface area contributed by atoms with Gasteiger partial charge in [0.05, 0.1) is 20.3 Å². The molecule has 0 aromatic heterocycles. The van der Waals surface area contributed by atoms with Gasteiger partial charge in [0, 0.05) is 0 Å². The molecule has 0 radical (unpaired) electrons. The molecule has 0 saturated carbocycles. The van der Waals surface area contributed by atoms with Crippen LogP contribution in [0.3, 0.4) is 0 Å². The zero-order valence-electron chi connectivity index (χ0n) is 7.49. The van der Waals surface area contributed by atoms with Crippen LogP contribution in [0.25, 0.3) is 0 Å². The maximum atomic E-state index is 11.5. The first-order valence-electron chi connectivity index (χ1n) is 4.29. The van der Waals surface area contributed by atoms with Crippen molar-refractivity contribution in [2.24, 2.45) is 5.41 Å². The summed E-state index contributed by atoms with van der Waals surface area (Å²) in [5.41, 5.74) is -0.687. The molecular formula is C9H12O4. The van der Waals surface area contributed by atoms with E-state index in [9.17, 15) is 4.79 Å². The highest BCUT2D eigenvalue weighted by atomic mass is 16.7. The van der Waals surface area contributed by atoms with E-state index in [0.717, 1.165) is 0 Å². The molecule has 0 aromatic rings. The van der Waals surface area contributed by atoms with E-state index in [1.54, 1.807) is 0 Å². The number of hydrogen-bond acceptors (Lipinski definition) is 4. The van der Waals surface area contributed by atoms with Gasteiger partial charge < -0.3 is 14.2 Å². The number of carbonyl (C=O) groups is 1. The van der Waals surface area contributed by atoms with Gasteiger partial charge in [-0.25, -0.2) is 0 Å². The Balaban J connectivity index is 2.30. The lowest BCUT2D eigenvalue weighted by molar-refractivity contribution is -0.180. The van der Waals surface area contributed by atoms with Crippen LogP contribution >= 0.6 is 0 Å². The van der Waals surface area contributed by atoms with Gasteiger partial charge in [-0.05, 0) is 6.42 Å². The normalized spacial score (nSPS) is 37.2. The molecule has 0 aliphatic carbocycles. The maximum Gasteiger partial charge on any atom is 0.320 e. The summed E-state index contributed by atoms with van der Waals surface area (Å²) in [5, 5.41) is 0. The topological polar surface area (TPSA) is 44.8 Å². The quantitative estimate of drug-likeness (QED) is 0.439. The predicted octanol–water partition coefficient (Wildman–Crippen LogP) is 0.479. The summed E-state index contributed by atoms with van der Waals surface area (Å²) in [6, 6.07) is 0. The van der Waals surface area contributed by atoms with Gasteiger partial charge in [0.2, 0.25) is 0 Å². The molecule has 4 heteroatoms. The Hall–Kier alpha value is -0.870. The number of carbonyl (C=O) groups excluding carboxylic acids is 1. The van der Waals surface area contributed by atoms with Gasteiger partial charge in [0.1, 0.15) is 5.41 Å². The second kappa shape index (κ2) is 3.12. The largest absolute Gasteiger partial charge is 0.468 e. The molecule has 0 bridgehead atoms. The van der Waals surface area contributed by atoms with Crippen molar-refractivity contribution in [1.29, 1.82) is 0 Å². The fourth-order valence-electron chi connectivity index (χ4n) is 1.82. The Labute approximate surface area is 76.5 Å². The molecule has 2 aliphatic heterocycles. The summed E-state index contributed by atoms with van der Waals surface area (Å²) in [6.07, 6.45) is 3.87. The van der Waals surface area contributed by atoms with Crippen LogP contribution in [0.15, 0.2) is 12.2 Å². The van der Waals surface area contributed by atoms with Crippen LogP contribution in [-0.2, 0) is 19.0 Å². The van der Waals surface area contributed by atoms with E-state index in [-0.39, 0.29) is 5.97 Å². The van der Waals surface area contributed by atoms with Gasteiger partial charge >= 0.3 is 5.97 Å². The average Bonchev–Trinajstić information content (AvgIpc) is 2.61. The molecule has 2 rings (SSSR count). The van der Waals surface area contributed by atoms with Crippen LogP contribution in [0.2, 0.25) is 0 Å². The number of hydrogen-bond donors (Lipinski definition) is 0. The minimum absolute atomic E-state index is 0.272. The van der Waals surface area contributed by atoms with E-state index in [0.29, 0.717) is 19.6 Å². The maximum absolute atomic E-state index is 11.5. The first kappa shape index (κ1) is 8.72. The molecule has 13 heavy (non-hydrogen) atoms. The van der Waals surface area contributed by atoms with Crippen LogP contribution < -0.4 is 0 Å². The Morgan fingerprint density at radius 3 is 3.23 bits per heavy atom. The van der Waals surface area contributed by atoms with E-state index >= 15 is 0 Å². The summed E-state index contributed by atoms with van der Waals surface area (Å²) < 4.78 is 15.4. The monoisotopic (exact) mass is 184 g/mol. The smallest absolute Gasteiger partial charge is 0.320 e. The second-order valence-corrected chi connectivity index (χ2v) is 3.22. The minimum atomic E-state index is -0.687. The van der Waals surface area contributed by atoms with Crippen molar-refractivity contribution in [3.05, 3.63) is 12.2 Å². The molecule has 2 aliphatic rings. The molecule has 0 unspecified atom stereocenters. The number of rotatable bonds is 1. The van der Waals surface area contributed by atoms with E-state index in [1.165, 1.54) is 7.11 Å². The predicted molar refractivity (Wildman–Crippen MR) is 43.9 cm³/mol. The van der Waals surface area contributed by atoms with Crippen LogP contribution in [0, 0.1) is 5.41 Å². The number of fused-ring (bicyclic) bond motifs is 1. The van der Waals surface area contributed by atoms with Crippen molar-refractivity contribution >= 4 is 5.97 Å². The lowest BCUT2D eigenvalue weighted by Gasteiger charge is -2.30. The van der Waals surface area contributed by atoms with Gasteiger partial charge in [-0.1, -0.05) is 12.2 Å².